The first-order valence-electron chi connectivity index (χ1n) is 5.82. The third-order valence-corrected chi connectivity index (χ3v) is 2.52. The second kappa shape index (κ2) is 8.08. The number of likely N-dealkylation sites (N-methyl/N-ethyl adjacent to an activating group) is 1. The summed E-state index contributed by atoms with van der Waals surface area (Å²) in [7, 11) is 1.93. The van der Waals surface area contributed by atoms with Crippen molar-refractivity contribution >= 4 is 0 Å². The fourth-order valence-corrected chi connectivity index (χ4v) is 0.947. The normalized spacial score (nSPS) is 14.2. The maximum Gasteiger partial charge on any atom is 0.0595 e. The molecule has 1 atom stereocenters. The maximum atomic E-state index is 5.72. The van der Waals surface area contributed by atoms with Crippen molar-refractivity contribution in [2.45, 2.75) is 40.2 Å². The second-order valence-corrected chi connectivity index (χ2v) is 4.95. The Morgan fingerprint density at radius 3 is 2.33 bits per heavy atom. The Morgan fingerprint density at radius 2 is 1.80 bits per heavy atom. The van der Waals surface area contributed by atoms with Crippen LogP contribution in [0.5, 0.6) is 0 Å². The lowest BCUT2D eigenvalue weighted by atomic mass is 9.90. The van der Waals surface area contributed by atoms with Crippen LogP contribution in [0.2, 0.25) is 0 Å². The SMILES string of the molecule is CNCCOCCCO[C@@H](C)C(C)(C)C. The Bertz CT molecular complexity index is 143. The number of rotatable bonds is 8. The first-order valence-corrected chi connectivity index (χ1v) is 5.82. The Kier molecular flexibility index (Phi) is 8.02. The van der Waals surface area contributed by atoms with Gasteiger partial charge in [-0.15, -0.1) is 0 Å². The molecule has 0 rings (SSSR count). The summed E-state index contributed by atoms with van der Waals surface area (Å²) in [6.45, 7) is 12.0. The summed E-state index contributed by atoms with van der Waals surface area (Å²) in [5.74, 6) is 0. The van der Waals surface area contributed by atoms with Crippen molar-refractivity contribution in [3.05, 3.63) is 0 Å². The molecule has 0 heterocycles. The predicted molar refractivity (Wildman–Crippen MR) is 64.2 cm³/mol. The summed E-state index contributed by atoms with van der Waals surface area (Å²) in [5.41, 5.74) is 0.229. The van der Waals surface area contributed by atoms with Crippen LogP contribution in [-0.4, -0.2) is 39.5 Å². The van der Waals surface area contributed by atoms with E-state index in [0.29, 0.717) is 6.10 Å². The molecule has 15 heavy (non-hydrogen) atoms. The molecule has 1 N–H and O–H groups in total. The van der Waals surface area contributed by atoms with Crippen molar-refractivity contribution in [1.82, 2.24) is 5.32 Å². The van der Waals surface area contributed by atoms with E-state index in [9.17, 15) is 0 Å². The van der Waals surface area contributed by atoms with Crippen LogP contribution in [0.3, 0.4) is 0 Å². The van der Waals surface area contributed by atoms with Crippen LogP contribution < -0.4 is 5.32 Å². The van der Waals surface area contributed by atoms with E-state index in [1.807, 2.05) is 7.05 Å². The van der Waals surface area contributed by atoms with Gasteiger partial charge in [-0.25, -0.2) is 0 Å². The number of hydrogen-bond donors (Lipinski definition) is 1. The molecule has 0 spiro atoms. The zero-order valence-electron chi connectivity index (χ0n) is 10.9. The molecule has 3 heteroatoms. The molecular weight excluding hydrogens is 190 g/mol. The van der Waals surface area contributed by atoms with Crippen molar-refractivity contribution in [1.29, 1.82) is 0 Å². The molecule has 0 radical (unpaired) electrons. The number of hydrogen-bond acceptors (Lipinski definition) is 3. The highest BCUT2D eigenvalue weighted by atomic mass is 16.5. The van der Waals surface area contributed by atoms with Gasteiger partial charge in [0.05, 0.1) is 12.7 Å². The minimum atomic E-state index is 0.229. The summed E-state index contributed by atoms with van der Waals surface area (Å²) in [6, 6.07) is 0. The molecule has 0 unspecified atom stereocenters. The van der Waals surface area contributed by atoms with Gasteiger partial charge >= 0.3 is 0 Å². The summed E-state index contributed by atoms with van der Waals surface area (Å²) in [5, 5.41) is 3.04. The summed E-state index contributed by atoms with van der Waals surface area (Å²) >= 11 is 0. The molecule has 0 amide bonds. The molecule has 0 saturated heterocycles. The Hall–Kier alpha value is -0.120. The fourth-order valence-electron chi connectivity index (χ4n) is 0.947. The van der Waals surface area contributed by atoms with E-state index in [0.717, 1.165) is 32.8 Å². The second-order valence-electron chi connectivity index (χ2n) is 4.95. The van der Waals surface area contributed by atoms with Crippen LogP contribution in [0.4, 0.5) is 0 Å². The van der Waals surface area contributed by atoms with E-state index >= 15 is 0 Å². The highest BCUT2D eigenvalue weighted by molar-refractivity contribution is 4.69. The molecule has 0 aliphatic heterocycles. The molecule has 0 aliphatic rings. The zero-order chi connectivity index (χ0) is 11.7. The van der Waals surface area contributed by atoms with E-state index in [4.69, 9.17) is 9.47 Å². The third-order valence-electron chi connectivity index (χ3n) is 2.52. The highest BCUT2D eigenvalue weighted by Crippen LogP contribution is 2.21. The smallest absolute Gasteiger partial charge is 0.0595 e. The van der Waals surface area contributed by atoms with E-state index in [1.165, 1.54) is 0 Å². The molecule has 0 saturated carbocycles. The molecule has 0 aromatic carbocycles. The monoisotopic (exact) mass is 217 g/mol. The van der Waals surface area contributed by atoms with Crippen LogP contribution in [0.1, 0.15) is 34.1 Å². The van der Waals surface area contributed by atoms with Gasteiger partial charge < -0.3 is 14.8 Å². The minimum Gasteiger partial charge on any atom is -0.380 e. The van der Waals surface area contributed by atoms with Gasteiger partial charge in [-0.1, -0.05) is 20.8 Å². The maximum absolute atomic E-state index is 5.72. The quantitative estimate of drug-likeness (QED) is 0.631. The van der Waals surface area contributed by atoms with E-state index in [-0.39, 0.29) is 5.41 Å². The van der Waals surface area contributed by atoms with Crippen LogP contribution in [0, 0.1) is 5.41 Å². The first kappa shape index (κ1) is 14.9. The molecule has 0 aromatic rings. The Labute approximate surface area is 94.5 Å². The number of ether oxygens (including phenoxy) is 2. The van der Waals surface area contributed by atoms with E-state index < -0.39 is 0 Å². The topological polar surface area (TPSA) is 30.5 Å². The van der Waals surface area contributed by atoms with Crippen molar-refractivity contribution in [2.75, 3.05) is 33.4 Å². The molecule has 0 aromatic heterocycles. The Morgan fingerprint density at radius 1 is 1.13 bits per heavy atom. The van der Waals surface area contributed by atoms with Gasteiger partial charge in [0.1, 0.15) is 0 Å². The van der Waals surface area contributed by atoms with Gasteiger partial charge in [-0.05, 0) is 25.8 Å². The summed E-state index contributed by atoms with van der Waals surface area (Å²) in [4.78, 5) is 0. The van der Waals surface area contributed by atoms with Crippen LogP contribution >= 0.6 is 0 Å². The molecule has 0 fully saturated rings. The largest absolute Gasteiger partial charge is 0.380 e. The van der Waals surface area contributed by atoms with Crippen molar-refractivity contribution in [3.8, 4) is 0 Å². The molecule has 0 aliphatic carbocycles. The predicted octanol–water partition coefficient (Wildman–Crippen LogP) is 2.06. The van der Waals surface area contributed by atoms with E-state index in [1.54, 1.807) is 0 Å². The van der Waals surface area contributed by atoms with Crippen molar-refractivity contribution < 1.29 is 9.47 Å². The average molecular weight is 217 g/mol. The van der Waals surface area contributed by atoms with Crippen molar-refractivity contribution in [2.24, 2.45) is 5.41 Å². The van der Waals surface area contributed by atoms with Gasteiger partial charge in [0.2, 0.25) is 0 Å². The van der Waals surface area contributed by atoms with Gasteiger partial charge in [0.15, 0.2) is 0 Å². The number of nitrogens with one attached hydrogen (secondary N) is 1. The highest BCUT2D eigenvalue weighted by Gasteiger charge is 2.19. The van der Waals surface area contributed by atoms with E-state index in [2.05, 4.69) is 33.0 Å². The lowest BCUT2D eigenvalue weighted by Crippen LogP contribution is -2.26. The van der Waals surface area contributed by atoms with Crippen molar-refractivity contribution in [3.63, 3.8) is 0 Å². The van der Waals surface area contributed by atoms with Crippen LogP contribution in [0.15, 0.2) is 0 Å². The first-order chi connectivity index (χ1) is 6.98. The van der Waals surface area contributed by atoms with Gasteiger partial charge in [0, 0.05) is 19.8 Å². The summed E-state index contributed by atoms with van der Waals surface area (Å²) in [6.07, 6.45) is 1.28. The zero-order valence-corrected chi connectivity index (χ0v) is 10.9. The standard InChI is InChI=1S/C12H27NO2/c1-11(12(2,3)4)15-9-6-8-14-10-7-13-5/h11,13H,6-10H2,1-5H3/t11-/m0/s1. The molecular formula is C12H27NO2. The van der Waals surface area contributed by atoms with Crippen LogP contribution in [-0.2, 0) is 9.47 Å². The van der Waals surface area contributed by atoms with Gasteiger partial charge in [-0.2, -0.15) is 0 Å². The lowest BCUT2D eigenvalue weighted by Gasteiger charge is -2.27. The fraction of sp³-hybridized carbons (Fsp3) is 1.00. The lowest BCUT2D eigenvalue weighted by molar-refractivity contribution is -0.0142. The summed E-state index contributed by atoms with van der Waals surface area (Å²) < 4.78 is 11.1. The average Bonchev–Trinajstić information content (AvgIpc) is 2.14. The molecule has 92 valence electrons. The Balaban J connectivity index is 3.24. The molecule has 0 bridgehead atoms. The van der Waals surface area contributed by atoms with Gasteiger partial charge in [-0.3, -0.25) is 0 Å². The van der Waals surface area contributed by atoms with Crippen LogP contribution in [0.25, 0.3) is 0 Å². The minimum absolute atomic E-state index is 0.229. The van der Waals surface area contributed by atoms with Gasteiger partial charge in [0.25, 0.3) is 0 Å². The molecule has 3 nitrogen and oxygen atoms in total. The third kappa shape index (κ3) is 8.85.